The molecule has 2 aromatic carbocycles. The fourth-order valence-electron chi connectivity index (χ4n) is 3.93. The van der Waals surface area contributed by atoms with Crippen molar-refractivity contribution >= 4 is 11.6 Å². The van der Waals surface area contributed by atoms with E-state index in [1.807, 2.05) is 37.4 Å². The van der Waals surface area contributed by atoms with E-state index in [1.165, 1.54) is 31.5 Å². The van der Waals surface area contributed by atoms with E-state index in [9.17, 15) is 4.79 Å². The molecule has 1 aliphatic rings. The average Bonchev–Trinajstić information content (AvgIpc) is 3.22. The molecule has 0 saturated carbocycles. The number of hydrogen-bond acceptors (Lipinski definition) is 3. The molecule has 0 radical (unpaired) electrons. The molecule has 6 heteroatoms. The van der Waals surface area contributed by atoms with Crippen LogP contribution in [0.2, 0.25) is 0 Å². The zero-order valence-corrected chi connectivity index (χ0v) is 17.7. The van der Waals surface area contributed by atoms with Crippen molar-refractivity contribution in [3.8, 4) is 11.5 Å². The minimum Gasteiger partial charge on any atom is -0.493 e. The number of carbonyl (C=O) groups is 1. The summed E-state index contributed by atoms with van der Waals surface area (Å²) in [7, 11) is 5.26. The van der Waals surface area contributed by atoms with Crippen molar-refractivity contribution in [2.75, 3.05) is 46.2 Å². The van der Waals surface area contributed by atoms with Crippen molar-refractivity contribution in [2.45, 2.75) is 25.9 Å². The highest BCUT2D eigenvalue weighted by Crippen LogP contribution is 2.27. The quantitative estimate of drug-likeness (QED) is 0.577. The largest absolute Gasteiger partial charge is 0.493 e. The summed E-state index contributed by atoms with van der Waals surface area (Å²) in [4.78, 5) is 15.2. The molecule has 1 saturated heterocycles. The van der Waals surface area contributed by atoms with Crippen LogP contribution in [0.3, 0.4) is 0 Å². The van der Waals surface area contributed by atoms with Gasteiger partial charge in [0.25, 0.3) is 5.91 Å². The normalized spacial score (nSPS) is 15.1. The summed E-state index contributed by atoms with van der Waals surface area (Å²) in [6.07, 6.45) is 2.67. The summed E-state index contributed by atoms with van der Waals surface area (Å²) >= 11 is 0. The number of amides is 1. The second kappa shape index (κ2) is 10.3. The van der Waals surface area contributed by atoms with Gasteiger partial charge in [-0.1, -0.05) is 12.1 Å². The third-order valence-corrected chi connectivity index (χ3v) is 5.42. The molecule has 0 spiro atoms. The van der Waals surface area contributed by atoms with Gasteiger partial charge < -0.3 is 24.6 Å². The number of quaternary nitrogens is 2. The first kappa shape index (κ1) is 21.1. The summed E-state index contributed by atoms with van der Waals surface area (Å²) in [6.45, 7) is 4.74. The van der Waals surface area contributed by atoms with Crippen molar-refractivity contribution in [1.29, 1.82) is 0 Å². The number of ether oxygens (including phenoxy) is 2. The molecule has 2 aromatic rings. The summed E-state index contributed by atoms with van der Waals surface area (Å²) in [5.74, 6) is 1.43. The van der Waals surface area contributed by atoms with Crippen molar-refractivity contribution in [2.24, 2.45) is 0 Å². The van der Waals surface area contributed by atoms with Crippen LogP contribution in [0.25, 0.3) is 0 Å². The Labute approximate surface area is 173 Å². The van der Waals surface area contributed by atoms with Crippen molar-refractivity contribution in [1.82, 2.24) is 0 Å². The SMILES string of the molecule is COc1ccc(C[NH+](C)CC(=O)Nc2ccc(C[NH+]3CCCC3)cc2)cc1OC. The highest BCUT2D eigenvalue weighted by atomic mass is 16.5. The molecule has 0 aromatic heterocycles. The molecule has 0 aliphatic carbocycles. The lowest BCUT2D eigenvalue weighted by Crippen LogP contribution is -3.08. The van der Waals surface area contributed by atoms with E-state index in [0.717, 1.165) is 29.2 Å². The van der Waals surface area contributed by atoms with E-state index >= 15 is 0 Å². The van der Waals surface area contributed by atoms with Crippen LogP contribution in [0.1, 0.15) is 24.0 Å². The van der Waals surface area contributed by atoms with Gasteiger partial charge in [0, 0.05) is 29.7 Å². The van der Waals surface area contributed by atoms with Gasteiger partial charge in [-0.15, -0.1) is 0 Å². The molecule has 1 atom stereocenters. The third-order valence-electron chi connectivity index (χ3n) is 5.42. The average molecular weight is 400 g/mol. The van der Waals surface area contributed by atoms with Crippen LogP contribution in [0, 0.1) is 0 Å². The highest BCUT2D eigenvalue weighted by molar-refractivity contribution is 5.91. The molecule has 1 aliphatic heterocycles. The number of nitrogens with one attached hydrogen (secondary N) is 3. The van der Waals surface area contributed by atoms with Crippen LogP contribution in [-0.4, -0.2) is 46.8 Å². The van der Waals surface area contributed by atoms with E-state index in [4.69, 9.17) is 9.47 Å². The van der Waals surface area contributed by atoms with Gasteiger partial charge in [0.2, 0.25) is 0 Å². The number of methoxy groups -OCH3 is 2. The number of rotatable bonds is 9. The summed E-state index contributed by atoms with van der Waals surface area (Å²) in [6, 6.07) is 14.1. The van der Waals surface area contributed by atoms with Gasteiger partial charge in [-0.05, 0) is 30.3 Å². The van der Waals surface area contributed by atoms with E-state index in [1.54, 1.807) is 19.1 Å². The lowest BCUT2D eigenvalue weighted by molar-refractivity contribution is -0.901. The minimum atomic E-state index is 0.0147. The van der Waals surface area contributed by atoms with E-state index in [0.29, 0.717) is 18.0 Å². The summed E-state index contributed by atoms with van der Waals surface area (Å²) < 4.78 is 10.6. The van der Waals surface area contributed by atoms with E-state index in [-0.39, 0.29) is 5.91 Å². The standard InChI is InChI=1S/C23H31N3O3/c1-25(15-19-8-11-21(28-2)22(14-19)29-3)17-23(27)24-20-9-6-18(7-10-20)16-26-12-4-5-13-26/h6-11,14H,4-5,12-13,15-17H2,1-3H3,(H,24,27)/p+2. The van der Waals surface area contributed by atoms with E-state index in [2.05, 4.69) is 17.4 Å². The number of anilines is 1. The molecule has 0 bridgehead atoms. The van der Waals surface area contributed by atoms with Crippen molar-refractivity contribution in [3.63, 3.8) is 0 Å². The topological polar surface area (TPSA) is 56.4 Å². The van der Waals surface area contributed by atoms with Crippen LogP contribution in [0.5, 0.6) is 11.5 Å². The second-order valence-electron chi connectivity index (χ2n) is 7.88. The van der Waals surface area contributed by atoms with Crippen LogP contribution in [-0.2, 0) is 17.9 Å². The zero-order chi connectivity index (χ0) is 20.6. The van der Waals surface area contributed by atoms with Crippen molar-refractivity contribution < 1.29 is 24.1 Å². The molecule has 1 amide bonds. The number of likely N-dealkylation sites (N-methyl/N-ethyl adjacent to an activating group) is 1. The van der Waals surface area contributed by atoms with Crippen LogP contribution in [0.4, 0.5) is 5.69 Å². The Morgan fingerprint density at radius 1 is 1.00 bits per heavy atom. The van der Waals surface area contributed by atoms with Crippen LogP contribution in [0.15, 0.2) is 42.5 Å². The predicted molar refractivity (Wildman–Crippen MR) is 114 cm³/mol. The molecule has 3 rings (SSSR count). The Morgan fingerprint density at radius 3 is 2.31 bits per heavy atom. The third kappa shape index (κ3) is 6.21. The molecule has 1 fully saturated rings. The van der Waals surface area contributed by atoms with Gasteiger partial charge in [-0.2, -0.15) is 0 Å². The van der Waals surface area contributed by atoms with Gasteiger partial charge in [0.15, 0.2) is 18.0 Å². The number of benzene rings is 2. The summed E-state index contributed by atoms with van der Waals surface area (Å²) in [5.41, 5.74) is 3.28. The molecular weight excluding hydrogens is 366 g/mol. The number of likely N-dealkylation sites (tertiary alicyclic amines) is 1. The number of hydrogen-bond donors (Lipinski definition) is 3. The molecule has 6 nitrogen and oxygen atoms in total. The molecule has 29 heavy (non-hydrogen) atoms. The molecular formula is C23H33N3O3+2. The van der Waals surface area contributed by atoms with Gasteiger partial charge in [-0.3, -0.25) is 4.79 Å². The Balaban J connectivity index is 1.48. The van der Waals surface area contributed by atoms with Gasteiger partial charge >= 0.3 is 0 Å². The van der Waals surface area contributed by atoms with Crippen molar-refractivity contribution in [3.05, 3.63) is 53.6 Å². The highest BCUT2D eigenvalue weighted by Gasteiger charge is 2.16. The van der Waals surface area contributed by atoms with Gasteiger partial charge in [-0.25, -0.2) is 0 Å². The van der Waals surface area contributed by atoms with Crippen LogP contribution >= 0.6 is 0 Å². The molecule has 1 heterocycles. The Bertz CT molecular complexity index is 802. The number of carbonyl (C=O) groups excluding carboxylic acids is 1. The maximum absolute atomic E-state index is 12.4. The second-order valence-corrected chi connectivity index (χ2v) is 7.88. The zero-order valence-electron chi connectivity index (χ0n) is 17.7. The molecule has 156 valence electrons. The summed E-state index contributed by atoms with van der Waals surface area (Å²) in [5, 5.41) is 3.01. The van der Waals surface area contributed by atoms with Gasteiger partial charge in [0.1, 0.15) is 13.1 Å². The lowest BCUT2D eigenvalue weighted by atomic mass is 10.2. The first-order valence-corrected chi connectivity index (χ1v) is 10.3. The Morgan fingerprint density at radius 2 is 1.66 bits per heavy atom. The fraction of sp³-hybridized carbons (Fsp3) is 0.435. The Kier molecular flexibility index (Phi) is 7.49. The fourth-order valence-corrected chi connectivity index (χ4v) is 3.93. The first-order valence-electron chi connectivity index (χ1n) is 10.3. The Hall–Kier alpha value is -2.57. The minimum absolute atomic E-state index is 0.0147. The molecule has 3 N–H and O–H groups in total. The molecule has 1 unspecified atom stereocenters. The van der Waals surface area contributed by atoms with Crippen LogP contribution < -0.4 is 24.6 Å². The van der Waals surface area contributed by atoms with E-state index < -0.39 is 0 Å². The smallest absolute Gasteiger partial charge is 0.279 e. The lowest BCUT2D eigenvalue weighted by Gasteiger charge is -2.16. The van der Waals surface area contributed by atoms with Gasteiger partial charge in [0.05, 0.1) is 34.4 Å². The monoisotopic (exact) mass is 399 g/mol. The maximum Gasteiger partial charge on any atom is 0.279 e. The maximum atomic E-state index is 12.4. The predicted octanol–water partition coefficient (Wildman–Crippen LogP) is 0.536. The first-order chi connectivity index (χ1) is 14.1.